The van der Waals surface area contributed by atoms with E-state index in [9.17, 15) is 9.59 Å². The van der Waals surface area contributed by atoms with E-state index in [1.54, 1.807) is 11.0 Å². The average molecular weight is 502 g/mol. The van der Waals surface area contributed by atoms with Gasteiger partial charge in [-0.25, -0.2) is 9.79 Å². The van der Waals surface area contributed by atoms with E-state index in [0.29, 0.717) is 17.8 Å². The minimum atomic E-state index is -0.441. The second-order valence-corrected chi connectivity index (χ2v) is 9.89. The summed E-state index contributed by atoms with van der Waals surface area (Å²) in [5.74, 6) is -0.433. The van der Waals surface area contributed by atoms with Crippen molar-refractivity contribution >= 4 is 28.8 Å². The fourth-order valence-corrected chi connectivity index (χ4v) is 5.47. The molecule has 186 valence electrons. The number of esters is 1. The number of thioether (sulfide) groups is 1. The van der Waals surface area contributed by atoms with Crippen molar-refractivity contribution in [2.75, 3.05) is 13.7 Å². The summed E-state index contributed by atoms with van der Waals surface area (Å²) in [5, 5.41) is 2.72. The van der Waals surface area contributed by atoms with Crippen LogP contribution in [0.15, 0.2) is 88.6 Å². The van der Waals surface area contributed by atoms with Crippen molar-refractivity contribution in [3.8, 4) is 0 Å². The quantitative estimate of drug-likeness (QED) is 0.345. The number of rotatable bonds is 8. The molecule has 7 heteroatoms. The van der Waals surface area contributed by atoms with Crippen LogP contribution in [0.4, 0.5) is 0 Å². The number of allylic oxidation sites excluding steroid dienone is 1. The molecule has 0 bridgehead atoms. The van der Waals surface area contributed by atoms with Crippen LogP contribution in [0.2, 0.25) is 0 Å². The molecular formula is C29H31N3O3S. The molecule has 2 heterocycles. The maximum Gasteiger partial charge on any atom is 0.338 e. The molecule has 0 unspecified atom stereocenters. The molecule has 0 N–H and O–H groups in total. The molecule has 6 nitrogen and oxygen atoms in total. The highest BCUT2D eigenvalue weighted by Crippen LogP contribution is 2.45. The SMILES string of the molecule is C=CCOC(=O)C1=C(C)N=C2SC=C(CC(=O)N(C)Cc3ccccc3)N2[C@H]1c1ccc(C)cc1C. The number of aliphatic imine (C=N–C) groups is 1. The molecule has 0 saturated carbocycles. The Balaban J connectivity index is 1.67. The van der Waals surface area contributed by atoms with Crippen molar-refractivity contribution in [3.05, 3.63) is 106 Å². The minimum Gasteiger partial charge on any atom is -0.458 e. The molecule has 0 aliphatic carbocycles. The van der Waals surface area contributed by atoms with Gasteiger partial charge in [-0.3, -0.25) is 4.79 Å². The van der Waals surface area contributed by atoms with Crippen molar-refractivity contribution in [2.45, 2.75) is 39.8 Å². The van der Waals surface area contributed by atoms with Crippen LogP contribution in [-0.2, 0) is 20.9 Å². The summed E-state index contributed by atoms with van der Waals surface area (Å²) in [7, 11) is 1.81. The van der Waals surface area contributed by atoms with Crippen LogP contribution in [0, 0.1) is 13.8 Å². The summed E-state index contributed by atoms with van der Waals surface area (Å²) < 4.78 is 5.47. The topological polar surface area (TPSA) is 62.2 Å². The number of amides is 1. The molecule has 36 heavy (non-hydrogen) atoms. The first kappa shape index (κ1) is 25.5. The summed E-state index contributed by atoms with van der Waals surface area (Å²) in [5.41, 5.74) is 6.17. The smallest absolute Gasteiger partial charge is 0.338 e. The van der Waals surface area contributed by atoms with Gasteiger partial charge in [-0.05, 0) is 42.9 Å². The zero-order valence-electron chi connectivity index (χ0n) is 21.2. The molecule has 2 aromatic carbocycles. The van der Waals surface area contributed by atoms with Gasteiger partial charge in [0, 0.05) is 19.3 Å². The van der Waals surface area contributed by atoms with Crippen LogP contribution in [0.5, 0.6) is 0 Å². The Labute approximate surface area is 217 Å². The van der Waals surface area contributed by atoms with E-state index in [1.807, 2.05) is 74.5 Å². The van der Waals surface area contributed by atoms with Gasteiger partial charge in [-0.1, -0.05) is 78.5 Å². The van der Waals surface area contributed by atoms with Gasteiger partial charge in [0.25, 0.3) is 0 Å². The third-order valence-corrected chi connectivity index (χ3v) is 7.18. The summed E-state index contributed by atoms with van der Waals surface area (Å²) in [6, 6.07) is 15.7. The standard InChI is InChI=1S/C29H31N3O3S/c1-6-14-35-28(34)26-21(4)30-29-32(27(26)24-13-12-19(2)15-20(24)3)23(18-36-29)16-25(33)31(5)17-22-10-8-7-9-11-22/h6-13,15,18,27H,1,14,16-17H2,2-5H3/t27-/m0/s1. The fourth-order valence-electron chi connectivity index (χ4n) is 4.51. The second-order valence-electron chi connectivity index (χ2n) is 9.05. The van der Waals surface area contributed by atoms with Crippen LogP contribution in [-0.4, -0.2) is 40.5 Å². The Morgan fingerprint density at radius 3 is 2.61 bits per heavy atom. The Morgan fingerprint density at radius 2 is 1.92 bits per heavy atom. The largest absolute Gasteiger partial charge is 0.458 e. The molecular weight excluding hydrogens is 470 g/mol. The normalized spacial score (nSPS) is 16.8. The molecule has 2 aliphatic rings. The summed E-state index contributed by atoms with van der Waals surface area (Å²) in [6.07, 6.45) is 1.75. The zero-order valence-corrected chi connectivity index (χ0v) is 22.0. The van der Waals surface area contributed by atoms with Crippen LogP contribution >= 0.6 is 11.8 Å². The highest BCUT2D eigenvalue weighted by atomic mass is 32.2. The van der Waals surface area contributed by atoms with Gasteiger partial charge < -0.3 is 14.5 Å². The van der Waals surface area contributed by atoms with Crippen molar-refractivity contribution in [1.82, 2.24) is 9.80 Å². The van der Waals surface area contributed by atoms with Crippen LogP contribution < -0.4 is 0 Å². The average Bonchev–Trinajstić information content (AvgIpc) is 3.24. The lowest BCUT2D eigenvalue weighted by atomic mass is 9.90. The van der Waals surface area contributed by atoms with Crippen LogP contribution in [0.1, 0.15) is 41.6 Å². The van der Waals surface area contributed by atoms with Gasteiger partial charge in [-0.15, -0.1) is 0 Å². The van der Waals surface area contributed by atoms with Crippen molar-refractivity contribution in [3.63, 3.8) is 0 Å². The third kappa shape index (κ3) is 5.31. The summed E-state index contributed by atoms with van der Waals surface area (Å²) in [4.78, 5) is 35.0. The summed E-state index contributed by atoms with van der Waals surface area (Å²) >= 11 is 1.48. The first-order valence-electron chi connectivity index (χ1n) is 11.9. The molecule has 0 radical (unpaired) electrons. The van der Waals surface area contributed by atoms with Crippen LogP contribution in [0.3, 0.4) is 0 Å². The van der Waals surface area contributed by atoms with Gasteiger partial charge in [-0.2, -0.15) is 0 Å². The van der Waals surface area contributed by atoms with E-state index in [4.69, 9.17) is 9.73 Å². The van der Waals surface area contributed by atoms with E-state index < -0.39 is 12.0 Å². The minimum absolute atomic E-state index is 0.00612. The maximum atomic E-state index is 13.2. The number of hydrogen-bond acceptors (Lipinski definition) is 6. The Hall–Kier alpha value is -3.58. The van der Waals surface area contributed by atoms with E-state index in [-0.39, 0.29) is 18.9 Å². The zero-order chi connectivity index (χ0) is 25.8. The predicted octanol–water partition coefficient (Wildman–Crippen LogP) is 5.66. The maximum absolute atomic E-state index is 13.2. The third-order valence-electron chi connectivity index (χ3n) is 6.29. The Morgan fingerprint density at radius 1 is 1.17 bits per heavy atom. The Kier molecular flexibility index (Phi) is 7.79. The van der Waals surface area contributed by atoms with Crippen LogP contribution in [0.25, 0.3) is 0 Å². The Bertz CT molecular complexity index is 1280. The molecule has 0 spiro atoms. The van der Waals surface area contributed by atoms with Crippen molar-refractivity contribution in [2.24, 2.45) is 4.99 Å². The first-order valence-corrected chi connectivity index (χ1v) is 12.8. The van der Waals surface area contributed by atoms with E-state index in [2.05, 4.69) is 18.7 Å². The molecule has 1 atom stereocenters. The number of nitrogens with zero attached hydrogens (tertiary/aromatic N) is 3. The number of aryl methyl sites for hydroxylation is 2. The number of amidine groups is 1. The van der Waals surface area contributed by atoms with Gasteiger partial charge in [0.05, 0.1) is 23.7 Å². The second kappa shape index (κ2) is 11.0. The van der Waals surface area contributed by atoms with E-state index in [0.717, 1.165) is 33.1 Å². The lowest BCUT2D eigenvalue weighted by Crippen LogP contribution is -2.38. The number of ether oxygens (including phenoxy) is 1. The monoisotopic (exact) mass is 501 g/mol. The molecule has 0 saturated heterocycles. The summed E-state index contributed by atoms with van der Waals surface area (Å²) in [6.45, 7) is 10.2. The van der Waals surface area contributed by atoms with Gasteiger partial charge in [0.1, 0.15) is 6.61 Å². The highest BCUT2D eigenvalue weighted by molar-refractivity contribution is 8.16. The number of hydrogen-bond donors (Lipinski definition) is 0. The van der Waals surface area contributed by atoms with E-state index >= 15 is 0 Å². The first-order chi connectivity index (χ1) is 17.3. The number of benzene rings is 2. The van der Waals surface area contributed by atoms with Crippen molar-refractivity contribution in [1.29, 1.82) is 0 Å². The molecule has 1 amide bonds. The number of carbonyl (C=O) groups excluding carboxylic acids is 2. The van der Waals surface area contributed by atoms with Gasteiger partial charge in [0.15, 0.2) is 5.17 Å². The molecule has 2 aliphatic heterocycles. The number of fused-ring (bicyclic) bond motifs is 1. The highest BCUT2D eigenvalue weighted by Gasteiger charge is 2.41. The molecule has 0 aromatic heterocycles. The van der Waals surface area contributed by atoms with E-state index in [1.165, 1.54) is 11.8 Å². The predicted molar refractivity (Wildman–Crippen MR) is 145 cm³/mol. The van der Waals surface area contributed by atoms with Crippen molar-refractivity contribution < 1.29 is 14.3 Å². The van der Waals surface area contributed by atoms with Gasteiger partial charge in [0.2, 0.25) is 5.91 Å². The molecule has 2 aromatic rings. The molecule has 4 rings (SSSR count). The lowest BCUT2D eigenvalue weighted by molar-refractivity contribution is -0.138. The lowest BCUT2D eigenvalue weighted by Gasteiger charge is -2.37. The molecule has 0 fully saturated rings. The van der Waals surface area contributed by atoms with Gasteiger partial charge >= 0.3 is 5.97 Å². The fraction of sp³-hybridized carbons (Fsp3) is 0.276. The number of carbonyl (C=O) groups is 2.